The molecular formula is C15H19N3O. The predicted octanol–water partition coefficient (Wildman–Crippen LogP) is 2.35. The molecule has 1 N–H and O–H groups in total. The fraction of sp³-hybridized carbons (Fsp3) is 0.400. The van der Waals surface area contributed by atoms with Gasteiger partial charge in [-0.05, 0) is 24.6 Å². The van der Waals surface area contributed by atoms with Gasteiger partial charge in [0.1, 0.15) is 0 Å². The van der Waals surface area contributed by atoms with Crippen molar-refractivity contribution >= 4 is 5.69 Å². The monoisotopic (exact) mass is 257 g/mol. The van der Waals surface area contributed by atoms with Gasteiger partial charge in [-0.3, -0.25) is 0 Å². The third-order valence-electron chi connectivity index (χ3n) is 3.49. The molecule has 1 aliphatic heterocycles. The van der Waals surface area contributed by atoms with E-state index in [1.165, 1.54) is 11.3 Å². The predicted molar refractivity (Wildman–Crippen MR) is 75.1 cm³/mol. The Morgan fingerprint density at radius 3 is 3.16 bits per heavy atom. The highest BCUT2D eigenvalue weighted by molar-refractivity contribution is 5.57. The molecule has 0 radical (unpaired) electrons. The molecule has 3 rings (SSSR count). The van der Waals surface area contributed by atoms with E-state index in [0.29, 0.717) is 0 Å². The first-order chi connectivity index (χ1) is 9.36. The lowest BCUT2D eigenvalue weighted by molar-refractivity contribution is 0.374. The van der Waals surface area contributed by atoms with Crippen LogP contribution >= 0.6 is 0 Å². The molecule has 0 saturated heterocycles. The summed E-state index contributed by atoms with van der Waals surface area (Å²) in [7, 11) is 0. The molecule has 0 saturated carbocycles. The molecule has 2 heterocycles. The Labute approximate surface area is 113 Å². The van der Waals surface area contributed by atoms with Crippen molar-refractivity contribution in [2.45, 2.75) is 26.4 Å². The maximum absolute atomic E-state index is 5.41. The summed E-state index contributed by atoms with van der Waals surface area (Å²) < 4.78 is 5.41. The zero-order chi connectivity index (χ0) is 13.1. The Balaban J connectivity index is 1.68. The van der Waals surface area contributed by atoms with E-state index in [9.17, 15) is 0 Å². The van der Waals surface area contributed by atoms with Gasteiger partial charge in [0.2, 0.25) is 0 Å². The van der Waals surface area contributed by atoms with Gasteiger partial charge in [0.15, 0.2) is 5.76 Å². The summed E-state index contributed by atoms with van der Waals surface area (Å²) in [5.41, 5.74) is 3.73. The van der Waals surface area contributed by atoms with E-state index in [-0.39, 0.29) is 0 Å². The molecular weight excluding hydrogens is 238 g/mol. The Bertz CT molecular complexity index is 550. The maximum atomic E-state index is 5.41. The molecule has 100 valence electrons. The van der Waals surface area contributed by atoms with Gasteiger partial charge in [-0.2, -0.15) is 0 Å². The topological polar surface area (TPSA) is 41.3 Å². The van der Waals surface area contributed by atoms with Crippen molar-refractivity contribution in [3.05, 3.63) is 47.3 Å². The molecule has 0 unspecified atom stereocenters. The fourth-order valence-corrected chi connectivity index (χ4v) is 2.53. The minimum Gasteiger partial charge on any atom is -0.363 e. The van der Waals surface area contributed by atoms with Crippen LogP contribution < -0.4 is 10.2 Å². The van der Waals surface area contributed by atoms with E-state index in [1.54, 1.807) is 0 Å². The van der Waals surface area contributed by atoms with Crippen molar-refractivity contribution in [1.82, 2.24) is 10.5 Å². The van der Waals surface area contributed by atoms with Gasteiger partial charge in [0.05, 0.1) is 12.2 Å². The number of aromatic nitrogens is 1. The van der Waals surface area contributed by atoms with Crippen LogP contribution in [0.3, 0.4) is 0 Å². The van der Waals surface area contributed by atoms with Crippen molar-refractivity contribution in [3.63, 3.8) is 0 Å². The van der Waals surface area contributed by atoms with Crippen LogP contribution in [0.1, 0.15) is 23.9 Å². The van der Waals surface area contributed by atoms with Crippen molar-refractivity contribution in [2.75, 3.05) is 18.0 Å². The minimum atomic E-state index is 0.774. The normalized spacial score (nSPS) is 13.8. The summed E-state index contributed by atoms with van der Waals surface area (Å²) in [4.78, 5) is 2.35. The quantitative estimate of drug-likeness (QED) is 0.892. The molecule has 0 amide bonds. The summed E-state index contributed by atoms with van der Waals surface area (Å²) in [6.45, 7) is 5.67. The van der Waals surface area contributed by atoms with Gasteiger partial charge in [0, 0.05) is 24.8 Å². The standard InChI is InChI=1S/C15H19N3O/c1-2-16-10-13-9-14(19-17-13)11-18-8-7-12-5-3-4-6-15(12)18/h3-6,9,16H,2,7-8,10-11H2,1H3. The van der Waals surface area contributed by atoms with E-state index < -0.39 is 0 Å². The highest BCUT2D eigenvalue weighted by atomic mass is 16.5. The zero-order valence-corrected chi connectivity index (χ0v) is 11.2. The van der Waals surface area contributed by atoms with Crippen LogP contribution in [-0.2, 0) is 19.5 Å². The Hall–Kier alpha value is -1.81. The molecule has 0 aliphatic carbocycles. The largest absolute Gasteiger partial charge is 0.363 e. The summed E-state index contributed by atoms with van der Waals surface area (Å²) in [5, 5.41) is 7.34. The summed E-state index contributed by atoms with van der Waals surface area (Å²) >= 11 is 0. The van der Waals surface area contributed by atoms with Crippen LogP contribution in [0.25, 0.3) is 0 Å². The fourth-order valence-electron chi connectivity index (χ4n) is 2.53. The van der Waals surface area contributed by atoms with Crippen LogP contribution in [0.15, 0.2) is 34.9 Å². The van der Waals surface area contributed by atoms with Crippen molar-refractivity contribution < 1.29 is 4.52 Å². The molecule has 4 heteroatoms. The van der Waals surface area contributed by atoms with Crippen LogP contribution in [0, 0.1) is 0 Å². The van der Waals surface area contributed by atoms with Gasteiger partial charge < -0.3 is 14.7 Å². The number of rotatable bonds is 5. The lowest BCUT2D eigenvalue weighted by atomic mass is 10.2. The molecule has 0 atom stereocenters. The number of anilines is 1. The second kappa shape index (κ2) is 5.45. The molecule has 1 aromatic heterocycles. The average Bonchev–Trinajstić information content (AvgIpc) is 3.05. The van der Waals surface area contributed by atoms with Crippen LogP contribution in [0.4, 0.5) is 5.69 Å². The Kier molecular flexibility index (Phi) is 3.51. The van der Waals surface area contributed by atoms with Gasteiger partial charge >= 0.3 is 0 Å². The Morgan fingerprint density at radius 2 is 2.26 bits per heavy atom. The molecule has 0 spiro atoms. The number of nitrogens with one attached hydrogen (secondary N) is 1. The molecule has 4 nitrogen and oxygen atoms in total. The van der Waals surface area contributed by atoms with E-state index in [2.05, 4.69) is 46.6 Å². The summed E-state index contributed by atoms with van der Waals surface area (Å²) in [6, 6.07) is 10.6. The highest BCUT2D eigenvalue weighted by Crippen LogP contribution is 2.28. The summed E-state index contributed by atoms with van der Waals surface area (Å²) in [6.07, 6.45) is 1.12. The zero-order valence-electron chi connectivity index (χ0n) is 11.2. The van der Waals surface area contributed by atoms with Crippen LogP contribution in [0.5, 0.6) is 0 Å². The van der Waals surface area contributed by atoms with Gasteiger partial charge in [0.25, 0.3) is 0 Å². The second-order valence-corrected chi connectivity index (χ2v) is 4.87. The molecule has 0 fully saturated rings. The highest BCUT2D eigenvalue weighted by Gasteiger charge is 2.19. The van der Waals surface area contributed by atoms with Crippen LogP contribution in [0.2, 0.25) is 0 Å². The third-order valence-corrected chi connectivity index (χ3v) is 3.49. The second-order valence-electron chi connectivity index (χ2n) is 4.87. The van der Waals surface area contributed by atoms with E-state index in [0.717, 1.165) is 44.1 Å². The lowest BCUT2D eigenvalue weighted by Crippen LogP contribution is -2.19. The van der Waals surface area contributed by atoms with Crippen LogP contribution in [-0.4, -0.2) is 18.2 Å². The molecule has 0 bridgehead atoms. The molecule has 2 aromatic rings. The lowest BCUT2D eigenvalue weighted by Gasteiger charge is -2.17. The van der Waals surface area contributed by atoms with Gasteiger partial charge in [-0.15, -0.1) is 0 Å². The van der Waals surface area contributed by atoms with Gasteiger partial charge in [-0.1, -0.05) is 30.3 Å². The first-order valence-corrected chi connectivity index (χ1v) is 6.85. The Morgan fingerprint density at radius 1 is 1.37 bits per heavy atom. The number of hydrogen-bond donors (Lipinski definition) is 1. The average molecular weight is 257 g/mol. The number of fused-ring (bicyclic) bond motifs is 1. The third kappa shape index (κ3) is 2.63. The van der Waals surface area contributed by atoms with Crippen molar-refractivity contribution in [3.8, 4) is 0 Å². The first kappa shape index (κ1) is 12.2. The number of hydrogen-bond acceptors (Lipinski definition) is 4. The van der Waals surface area contributed by atoms with E-state index in [1.807, 2.05) is 6.07 Å². The molecule has 19 heavy (non-hydrogen) atoms. The smallest absolute Gasteiger partial charge is 0.156 e. The molecule has 1 aliphatic rings. The number of para-hydroxylation sites is 1. The number of benzene rings is 1. The summed E-state index contributed by atoms with van der Waals surface area (Å²) in [5.74, 6) is 0.935. The van der Waals surface area contributed by atoms with Gasteiger partial charge in [-0.25, -0.2) is 0 Å². The molecule has 1 aromatic carbocycles. The first-order valence-electron chi connectivity index (χ1n) is 6.85. The SMILES string of the molecule is CCNCc1cc(CN2CCc3ccccc32)on1. The van der Waals surface area contributed by atoms with Crippen molar-refractivity contribution in [1.29, 1.82) is 0 Å². The van der Waals surface area contributed by atoms with Crippen molar-refractivity contribution in [2.24, 2.45) is 0 Å². The number of nitrogens with zero attached hydrogens (tertiary/aromatic N) is 2. The maximum Gasteiger partial charge on any atom is 0.156 e. The minimum absolute atomic E-state index is 0.774. The van der Waals surface area contributed by atoms with E-state index >= 15 is 0 Å². The van der Waals surface area contributed by atoms with E-state index in [4.69, 9.17) is 4.52 Å².